The van der Waals surface area contributed by atoms with Crippen LogP contribution < -0.4 is 10.2 Å². The molecule has 164 valence electrons. The predicted octanol–water partition coefficient (Wildman–Crippen LogP) is 3.80. The number of piperazine rings is 1. The zero-order valence-corrected chi connectivity index (χ0v) is 18.7. The van der Waals surface area contributed by atoms with E-state index in [1.807, 2.05) is 66.8 Å². The van der Waals surface area contributed by atoms with Crippen LogP contribution in [0.1, 0.15) is 22.3 Å². The fourth-order valence-corrected chi connectivity index (χ4v) is 4.03. The average Bonchev–Trinajstić information content (AvgIpc) is 3.28. The van der Waals surface area contributed by atoms with E-state index in [9.17, 15) is 4.79 Å². The average molecular weight is 449 g/mol. The number of imidazole rings is 1. The summed E-state index contributed by atoms with van der Waals surface area (Å²) in [5, 5.41) is 12.6. The van der Waals surface area contributed by atoms with E-state index >= 15 is 0 Å². The van der Waals surface area contributed by atoms with E-state index in [2.05, 4.69) is 25.8 Å². The van der Waals surface area contributed by atoms with Crippen LogP contribution in [0.4, 0.5) is 10.6 Å². The topological polar surface area (TPSA) is 77.2 Å². The van der Waals surface area contributed by atoms with E-state index in [4.69, 9.17) is 16.9 Å². The molecule has 1 aliphatic heterocycles. The van der Waals surface area contributed by atoms with Gasteiger partial charge in [0.1, 0.15) is 5.82 Å². The van der Waals surface area contributed by atoms with Gasteiger partial charge in [-0.25, -0.2) is 9.78 Å². The largest absolute Gasteiger partial charge is 0.353 e. The molecule has 1 saturated heterocycles. The van der Waals surface area contributed by atoms with Crippen molar-refractivity contribution in [3.63, 3.8) is 0 Å². The summed E-state index contributed by atoms with van der Waals surface area (Å²) in [5.41, 5.74) is 3.89. The molecule has 0 bridgehead atoms. The highest BCUT2D eigenvalue weighted by Crippen LogP contribution is 2.19. The van der Waals surface area contributed by atoms with Crippen molar-refractivity contribution in [1.82, 2.24) is 19.8 Å². The number of urea groups is 1. The molecule has 0 atom stereocenters. The summed E-state index contributed by atoms with van der Waals surface area (Å²) in [4.78, 5) is 21.1. The van der Waals surface area contributed by atoms with Crippen molar-refractivity contribution < 1.29 is 4.79 Å². The van der Waals surface area contributed by atoms with Gasteiger partial charge in [-0.15, -0.1) is 0 Å². The molecule has 1 aliphatic rings. The first-order chi connectivity index (χ1) is 15.5. The smallest absolute Gasteiger partial charge is 0.317 e. The number of benzene rings is 2. The SMILES string of the molecule is Cc1ccc(Cl)cc1CNC(=O)N1CCN(c2cncn2Cc2ccc(C#N)cc2)CC1. The monoisotopic (exact) mass is 448 g/mol. The summed E-state index contributed by atoms with van der Waals surface area (Å²) in [6, 6.07) is 15.4. The van der Waals surface area contributed by atoms with Crippen LogP contribution in [-0.2, 0) is 13.1 Å². The van der Waals surface area contributed by atoms with Gasteiger partial charge in [-0.2, -0.15) is 5.26 Å². The van der Waals surface area contributed by atoms with Gasteiger partial charge in [0.25, 0.3) is 0 Å². The molecule has 4 rings (SSSR count). The molecule has 2 aromatic carbocycles. The number of nitriles is 1. The quantitative estimate of drug-likeness (QED) is 0.644. The first-order valence-corrected chi connectivity index (χ1v) is 10.9. The molecule has 2 heterocycles. The minimum absolute atomic E-state index is 0.0601. The van der Waals surface area contributed by atoms with Crippen LogP contribution in [0.15, 0.2) is 55.0 Å². The Hall–Kier alpha value is -3.50. The zero-order chi connectivity index (χ0) is 22.5. The number of aryl methyl sites for hydroxylation is 1. The molecular formula is C24H25ClN6O. The molecule has 32 heavy (non-hydrogen) atoms. The van der Waals surface area contributed by atoms with Gasteiger partial charge in [-0.3, -0.25) is 0 Å². The molecule has 1 aromatic heterocycles. The van der Waals surface area contributed by atoms with Crippen molar-refractivity contribution in [2.75, 3.05) is 31.1 Å². The Balaban J connectivity index is 1.32. The summed E-state index contributed by atoms with van der Waals surface area (Å²) in [6.45, 7) is 5.91. The molecule has 3 aromatic rings. The van der Waals surface area contributed by atoms with Crippen molar-refractivity contribution in [1.29, 1.82) is 5.26 Å². The molecule has 1 fully saturated rings. The third kappa shape index (κ3) is 5.04. The van der Waals surface area contributed by atoms with Crippen LogP contribution in [0, 0.1) is 18.3 Å². The molecule has 1 N–H and O–H groups in total. The highest BCUT2D eigenvalue weighted by atomic mass is 35.5. The maximum atomic E-state index is 12.6. The number of carbonyl (C=O) groups is 1. The number of amides is 2. The number of rotatable bonds is 5. The zero-order valence-electron chi connectivity index (χ0n) is 18.0. The second-order valence-corrected chi connectivity index (χ2v) is 8.33. The van der Waals surface area contributed by atoms with Gasteiger partial charge in [0.2, 0.25) is 0 Å². The number of halogens is 1. The van der Waals surface area contributed by atoms with Crippen LogP contribution in [0.25, 0.3) is 0 Å². The number of nitrogens with zero attached hydrogens (tertiary/aromatic N) is 5. The first-order valence-electron chi connectivity index (χ1n) is 10.6. The second-order valence-electron chi connectivity index (χ2n) is 7.89. The highest BCUT2D eigenvalue weighted by Gasteiger charge is 2.23. The van der Waals surface area contributed by atoms with Crippen LogP contribution in [0.5, 0.6) is 0 Å². The van der Waals surface area contributed by atoms with Gasteiger partial charge in [0, 0.05) is 37.7 Å². The molecular weight excluding hydrogens is 424 g/mol. The van der Waals surface area contributed by atoms with Crippen LogP contribution in [-0.4, -0.2) is 46.7 Å². The van der Waals surface area contributed by atoms with Crippen molar-refractivity contribution >= 4 is 23.4 Å². The summed E-state index contributed by atoms with van der Waals surface area (Å²) in [5.74, 6) is 1.03. The normalized spacial score (nSPS) is 13.7. The molecule has 0 radical (unpaired) electrons. The third-order valence-corrected chi connectivity index (χ3v) is 5.99. The lowest BCUT2D eigenvalue weighted by atomic mass is 10.1. The van der Waals surface area contributed by atoms with E-state index in [0.29, 0.717) is 36.8 Å². The second kappa shape index (κ2) is 9.75. The van der Waals surface area contributed by atoms with Crippen molar-refractivity contribution in [3.8, 4) is 6.07 Å². The minimum atomic E-state index is -0.0601. The number of hydrogen-bond acceptors (Lipinski definition) is 4. The van der Waals surface area contributed by atoms with Crippen molar-refractivity contribution in [2.24, 2.45) is 0 Å². The Labute approximate surface area is 192 Å². The number of hydrogen-bond donors (Lipinski definition) is 1. The van der Waals surface area contributed by atoms with Crippen LogP contribution in [0.3, 0.4) is 0 Å². The number of anilines is 1. The Bertz CT molecular complexity index is 1130. The molecule has 0 spiro atoms. The van der Waals surface area contributed by atoms with Crippen LogP contribution in [0.2, 0.25) is 5.02 Å². The number of nitrogens with one attached hydrogen (secondary N) is 1. The van der Waals surface area contributed by atoms with Gasteiger partial charge in [-0.05, 0) is 47.9 Å². The lowest BCUT2D eigenvalue weighted by molar-refractivity contribution is 0.193. The van der Waals surface area contributed by atoms with Gasteiger partial charge in [-0.1, -0.05) is 29.8 Å². The van der Waals surface area contributed by atoms with E-state index in [1.54, 1.807) is 0 Å². The Morgan fingerprint density at radius 2 is 1.91 bits per heavy atom. The van der Waals surface area contributed by atoms with E-state index in [-0.39, 0.29) is 6.03 Å². The first kappa shape index (κ1) is 21.7. The van der Waals surface area contributed by atoms with Gasteiger partial charge < -0.3 is 19.7 Å². The molecule has 8 heteroatoms. The van der Waals surface area contributed by atoms with Crippen molar-refractivity contribution in [3.05, 3.63) is 82.3 Å². The maximum Gasteiger partial charge on any atom is 0.317 e. The minimum Gasteiger partial charge on any atom is -0.353 e. The van der Waals surface area contributed by atoms with Gasteiger partial charge >= 0.3 is 6.03 Å². The van der Waals surface area contributed by atoms with Crippen LogP contribution >= 0.6 is 11.6 Å². The Morgan fingerprint density at radius 1 is 1.16 bits per heavy atom. The lowest BCUT2D eigenvalue weighted by Gasteiger charge is -2.36. The van der Waals surface area contributed by atoms with Gasteiger partial charge in [0.15, 0.2) is 0 Å². The summed E-state index contributed by atoms with van der Waals surface area (Å²) in [6.07, 6.45) is 3.68. The van der Waals surface area contributed by atoms with Crippen molar-refractivity contribution in [2.45, 2.75) is 20.0 Å². The fraction of sp³-hybridized carbons (Fsp3) is 0.292. The molecule has 2 amide bonds. The summed E-state index contributed by atoms with van der Waals surface area (Å²) >= 11 is 6.07. The molecule has 0 aliphatic carbocycles. The van der Waals surface area contributed by atoms with E-state index < -0.39 is 0 Å². The molecule has 0 saturated carbocycles. The summed E-state index contributed by atoms with van der Waals surface area (Å²) in [7, 11) is 0. The third-order valence-electron chi connectivity index (χ3n) is 5.76. The lowest BCUT2D eigenvalue weighted by Crippen LogP contribution is -2.52. The Morgan fingerprint density at radius 3 is 2.62 bits per heavy atom. The molecule has 0 unspecified atom stereocenters. The fourth-order valence-electron chi connectivity index (χ4n) is 3.83. The van der Waals surface area contributed by atoms with E-state index in [0.717, 1.165) is 35.6 Å². The molecule has 7 nitrogen and oxygen atoms in total. The Kier molecular flexibility index (Phi) is 6.62. The number of carbonyl (C=O) groups excluding carboxylic acids is 1. The van der Waals surface area contributed by atoms with Gasteiger partial charge in [0.05, 0.1) is 30.7 Å². The van der Waals surface area contributed by atoms with E-state index in [1.165, 1.54) is 0 Å². The predicted molar refractivity (Wildman–Crippen MR) is 125 cm³/mol. The standard InChI is InChI=1S/C24H25ClN6O/c1-18-2-7-22(25)12-21(18)14-28-24(32)30-10-8-29(9-11-30)23-15-27-17-31(23)16-20-5-3-19(13-26)4-6-20/h2-7,12,15,17H,8-11,14,16H2,1H3,(H,28,32). The number of aromatic nitrogens is 2. The highest BCUT2D eigenvalue weighted by molar-refractivity contribution is 6.30. The maximum absolute atomic E-state index is 12.6. The summed E-state index contributed by atoms with van der Waals surface area (Å²) < 4.78 is 2.10.